The third-order valence-corrected chi connectivity index (χ3v) is 9.08. The van der Waals surface area contributed by atoms with Crippen LogP contribution in [0.4, 0.5) is 5.69 Å². The van der Waals surface area contributed by atoms with Gasteiger partial charge < -0.3 is 15.0 Å². The van der Waals surface area contributed by atoms with E-state index in [0.717, 1.165) is 15.4 Å². The summed E-state index contributed by atoms with van der Waals surface area (Å²) in [6.07, 6.45) is 0.713. The molecule has 2 atom stereocenters. The van der Waals surface area contributed by atoms with Gasteiger partial charge in [-0.05, 0) is 75.2 Å². The highest BCUT2D eigenvalue weighted by Crippen LogP contribution is 2.32. The number of amides is 2. The van der Waals surface area contributed by atoms with Crippen LogP contribution in [0.25, 0.3) is 0 Å². The minimum Gasteiger partial charge on any atom is -0.495 e. The Labute approximate surface area is 252 Å². The molecule has 0 aliphatic rings. The van der Waals surface area contributed by atoms with Crippen LogP contribution in [-0.2, 0) is 26.2 Å². The van der Waals surface area contributed by atoms with E-state index in [-0.39, 0.29) is 34.1 Å². The van der Waals surface area contributed by atoms with Crippen molar-refractivity contribution in [3.8, 4) is 5.75 Å². The molecule has 41 heavy (non-hydrogen) atoms. The molecule has 1 N–H and O–H groups in total. The molecule has 3 aromatic carbocycles. The maximum absolute atomic E-state index is 14.0. The zero-order chi connectivity index (χ0) is 30.3. The van der Waals surface area contributed by atoms with Gasteiger partial charge >= 0.3 is 0 Å². The standard InChI is InChI=1S/C30H35Cl2N3O5S/c1-6-21(3)33-30(37)22(4)34(18-23-9-11-24(31)12-10-23)29(36)19-35(25-13-16-28(40-5)27(32)17-25)41(38,39)26-14-7-20(2)8-15-26/h7-17,21-22H,6,18-19H2,1-5H3,(H,33,37)/t21-,22+/m1/s1. The summed E-state index contributed by atoms with van der Waals surface area (Å²) in [5, 5.41) is 3.62. The van der Waals surface area contributed by atoms with E-state index >= 15 is 0 Å². The molecular weight excluding hydrogens is 585 g/mol. The van der Waals surface area contributed by atoms with Gasteiger partial charge in [0.25, 0.3) is 10.0 Å². The Morgan fingerprint density at radius 1 is 0.976 bits per heavy atom. The van der Waals surface area contributed by atoms with Crippen molar-refractivity contribution in [2.45, 2.75) is 57.6 Å². The van der Waals surface area contributed by atoms with Gasteiger partial charge in [0.1, 0.15) is 18.3 Å². The monoisotopic (exact) mass is 619 g/mol. The molecule has 0 aromatic heterocycles. The number of carbonyl (C=O) groups is 2. The van der Waals surface area contributed by atoms with Gasteiger partial charge in [0, 0.05) is 17.6 Å². The Bertz CT molecular complexity index is 1460. The van der Waals surface area contributed by atoms with Crippen molar-refractivity contribution >= 4 is 50.7 Å². The smallest absolute Gasteiger partial charge is 0.264 e. The van der Waals surface area contributed by atoms with Crippen LogP contribution >= 0.6 is 23.2 Å². The Kier molecular flexibility index (Phi) is 11.1. The lowest BCUT2D eigenvalue weighted by molar-refractivity contribution is -0.139. The maximum Gasteiger partial charge on any atom is 0.264 e. The molecular formula is C30H35Cl2N3O5S. The molecule has 0 spiro atoms. The summed E-state index contributed by atoms with van der Waals surface area (Å²) in [6.45, 7) is 6.77. The second kappa shape index (κ2) is 14.1. The molecule has 11 heteroatoms. The fraction of sp³-hybridized carbons (Fsp3) is 0.333. The lowest BCUT2D eigenvalue weighted by atomic mass is 10.1. The summed E-state index contributed by atoms with van der Waals surface area (Å²) in [5.74, 6) is -0.564. The second-order valence-electron chi connectivity index (χ2n) is 9.79. The van der Waals surface area contributed by atoms with E-state index < -0.39 is 28.5 Å². The number of nitrogens with one attached hydrogen (secondary N) is 1. The Morgan fingerprint density at radius 2 is 1.61 bits per heavy atom. The summed E-state index contributed by atoms with van der Waals surface area (Å²) < 4.78 is 34.1. The average Bonchev–Trinajstić information content (AvgIpc) is 2.95. The lowest BCUT2D eigenvalue weighted by Crippen LogP contribution is -2.52. The predicted octanol–water partition coefficient (Wildman–Crippen LogP) is 5.84. The lowest BCUT2D eigenvalue weighted by Gasteiger charge is -2.32. The second-order valence-corrected chi connectivity index (χ2v) is 12.5. The zero-order valence-electron chi connectivity index (χ0n) is 23.7. The molecule has 0 aliphatic heterocycles. The van der Waals surface area contributed by atoms with E-state index in [4.69, 9.17) is 27.9 Å². The molecule has 0 saturated carbocycles. The third kappa shape index (κ3) is 8.15. The van der Waals surface area contributed by atoms with Gasteiger partial charge in [0.05, 0.1) is 22.7 Å². The van der Waals surface area contributed by atoms with Crippen molar-refractivity contribution in [2.24, 2.45) is 0 Å². The Morgan fingerprint density at radius 3 is 2.17 bits per heavy atom. The molecule has 0 unspecified atom stereocenters. The first-order valence-corrected chi connectivity index (χ1v) is 15.3. The minimum absolute atomic E-state index is 0.00894. The van der Waals surface area contributed by atoms with Crippen molar-refractivity contribution in [3.05, 3.63) is 87.9 Å². The SMILES string of the molecule is CC[C@@H](C)NC(=O)[C@H](C)N(Cc1ccc(Cl)cc1)C(=O)CN(c1ccc(OC)c(Cl)c1)S(=O)(=O)c1ccc(C)cc1. The number of nitrogens with zero attached hydrogens (tertiary/aromatic N) is 2. The zero-order valence-corrected chi connectivity index (χ0v) is 26.1. The summed E-state index contributed by atoms with van der Waals surface area (Å²) >= 11 is 12.4. The average molecular weight is 621 g/mol. The fourth-order valence-corrected chi connectivity index (χ4v) is 5.80. The highest BCUT2D eigenvalue weighted by atomic mass is 35.5. The molecule has 0 saturated heterocycles. The number of rotatable bonds is 12. The molecule has 8 nitrogen and oxygen atoms in total. The predicted molar refractivity (Wildman–Crippen MR) is 163 cm³/mol. The topological polar surface area (TPSA) is 96.0 Å². The molecule has 2 amide bonds. The molecule has 0 heterocycles. The Hall–Kier alpha value is -3.27. The highest BCUT2D eigenvalue weighted by Gasteiger charge is 2.33. The van der Waals surface area contributed by atoms with E-state index in [1.165, 1.54) is 42.3 Å². The first-order valence-electron chi connectivity index (χ1n) is 13.1. The quantitative estimate of drug-likeness (QED) is 0.275. The van der Waals surface area contributed by atoms with Crippen molar-refractivity contribution in [3.63, 3.8) is 0 Å². The molecule has 220 valence electrons. The number of anilines is 1. The number of carbonyl (C=O) groups excluding carboxylic acids is 2. The Balaban J connectivity index is 2.06. The minimum atomic E-state index is -4.21. The molecule has 0 fully saturated rings. The number of halogens is 2. The number of sulfonamides is 1. The summed E-state index contributed by atoms with van der Waals surface area (Å²) in [6, 6.07) is 16.7. The van der Waals surface area contributed by atoms with Crippen LogP contribution in [-0.4, -0.2) is 50.9 Å². The van der Waals surface area contributed by atoms with E-state index in [1.54, 1.807) is 43.3 Å². The third-order valence-electron chi connectivity index (χ3n) is 6.75. The van der Waals surface area contributed by atoms with Crippen molar-refractivity contribution in [1.82, 2.24) is 10.2 Å². The van der Waals surface area contributed by atoms with E-state index in [9.17, 15) is 18.0 Å². The van der Waals surface area contributed by atoms with Crippen LogP contribution < -0.4 is 14.4 Å². The van der Waals surface area contributed by atoms with Gasteiger partial charge in [-0.1, -0.05) is 60.0 Å². The largest absolute Gasteiger partial charge is 0.495 e. The number of benzene rings is 3. The number of methoxy groups -OCH3 is 1. The van der Waals surface area contributed by atoms with Crippen molar-refractivity contribution in [2.75, 3.05) is 18.0 Å². The number of hydrogen-bond acceptors (Lipinski definition) is 5. The normalized spacial score (nSPS) is 12.8. The first-order chi connectivity index (χ1) is 19.4. The summed E-state index contributed by atoms with van der Waals surface area (Å²) in [4.78, 5) is 28.5. The fourth-order valence-electron chi connectivity index (χ4n) is 4.01. The van der Waals surface area contributed by atoms with Crippen LogP contribution in [0.5, 0.6) is 5.75 Å². The van der Waals surface area contributed by atoms with E-state index in [2.05, 4.69) is 5.32 Å². The number of ether oxygens (including phenoxy) is 1. The molecule has 0 radical (unpaired) electrons. The van der Waals surface area contributed by atoms with Gasteiger partial charge in [-0.3, -0.25) is 13.9 Å². The molecule has 0 aliphatic carbocycles. The van der Waals surface area contributed by atoms with Crippen molar-refractivity contribution < 1.29 is 22.7 Å². The van der Waals surface area contributed by atoms with Gasteiger partial charge in [0.15, 0.2) is 0 Å². The van der Waals surface area contributed by atoms with Gasteiger partial charge in [-0.25, -0.2) is 8.42 Å². The summed E-state index contributed by atoms with van der Waals surface area (Å²) in [5.41, 5.74) is 1.79. The van der Waals surface area contributed by atoms with Crippen LogP contribution in [0.1, 0.15) is 38.3 Å². The van der Waals surface area contributed by atoms with E-state index in [1.807, 2.05) is 20.8 Å². The van der Waals surface area contributed by atoms with Crippen molar-refractivity contribution in [1.29, 1.82) is 0 Å². The van der Waals surface area contributed by atoms with Gasteiger partial charge in [-0.15, -0.1) is 0 Å². The van der Waals surface area contributed by atoms with Crippen LogP contribution in [0, 0.1) is 6.92 Å². The molecule has 3 rings (SSSR count). The number of aryl methyl sites for hydroxylation is 1. The first kappa shape index (κ1) is 32.2. The van der Waals surface area contributed by atoms with E-state index in [0.29, 0.717) is 17.2 Å². The van der Waals surface area contributed by atoms with Crippen LogP contribution in [0.3, 0.4) is 0 Å². The maximum atomic E-state index is 14.0. The van der Waals surface area contributed by atoms with Crippen LogP contribution in [0.15, 0.2) is 71.6 Å². The summed E-state index contributed by atoms with van der Waals surface area (Å²) in [7, 11) is -2.76. The van der Waals surface area contributed by atoms with Gasteiger partial charge in [0.2, 0.25) is 11.8 Å². The van der Waals surface area contributed by atoms with Gasteiger partial charge in [-0.2, -0.15) is 0 Å². The van der Waals surface area contributed by atoms with Crippen LogP contribution in [0.2, 0.25) is 10.0 Å². The molecule has 0 bridgehead atoms. The molecule has 3 aromatic rings. The highest BCUT2D eigenvalue weighted by molar-refractivity contribution is 7.92. The number of hydrogen-bond donors (Lipinski definition) is 1.